The average Bonchev–Trinajstić information content (AvgIpc) is 2.74. The minimum Gasteiger partial charge on any atom is -0.504 e. The van der Waals surface area contributed by atoms with E-state index in [1.54, 1.807) is 0 Å². The molecule has 0 aromatic heterocycles. The van der Waals surface area contributed by atoms with E-state index in [2.05, 4.69) is 0 Å². The zero-order valence-electron chi connectivity index (χ0n) is 11.7. The quantitative estimate of drug-likeness (QED) is 0.235. The van der Waals surface area contributed by atoms with Crippen molar-refractivity contribution in [3.8, 4) is 17.2 Å². The van der Waals surface area contributed by atoms with Crippen LogP contribution in [0.5, 0.6) is 17.2 Å². The number of carbonyl (C=O) groups is 1. The molecule has 2 rings (SSSR count). The highest BCUT2D eigenvalue weighted by Gasteiger charge is 2.55. The minimum atomic E-state index is -2.30. The molecule has 0 bridgehead atoms. The Bertz CT molecular complexity index is 579. The summed E-state index contributed by atoms with van der Waals surface area (Å²) < 4.78 is 9.60. The van der Waals surface area contributed by atoms with Gasteiger partial charge in [0.1, 0.15) is 18.8 Å². The number of phenols is 3. The van der Waals surface area contributed by atoms with Crippen molar-refractivity contribution in [2.24, 2.45) is 0 Å². The van der Waals surface area contributed by atoms with E-state index in [0.717, 1.165) is 12.1 Å². The zero-order chi connectivity index (χ0) is 17.4. The monoisotopic (exact) mass is 332 g/mol. The first-order valence-electron chi connectivity index (χ1n) is 6.47. The lowest BCUT2D eigenvalue weighted by Crippen LogP contribution is -2.51. The third-order valence-electron chi connectivity index (χ3n) is 3.53. The highest BCUT2D eigenvalue weighted by molar-refractivity contribution is 5.91. The van der Waals surface area contributed by atoms with E-state index in [1.165, 1.54) is 0 Å². The summed E-state index contributed by atoms with van der Waals surface area (Å²) >= 11 is 0. The second kappa shape index (κ2) is 6.18. The number of hydrogen-bond acceptors (Lipinski definition) is 10. The van der Waals surface area contributed by atoms with Crippen LogP contribution in [0, 0.1) is 0 Å². The van der Waals surface area contributed by atoms with Crippen LogP contribution in [-0.4, -0.2) is 79.0 Å². The number of ether oxygens (including phenoxy) is 2. The van der Waals surface area contributed by atoms with Crippen molar-refractivity contribution in [2.45, 2.75) is 24.1 Å². The molecule has 7 N–H and O–H groups in total. The largest absolute Gasteiger partial charge is 0.504 e. The predicted molar refractivity (Wildman–Crippen MR) is 70.6 cm³/mol. The van der Waals surface area contributed by atoms with E-state index < -0.39 is 60.5 Å². The molecule has 10 nitrogen and oxygen atoms in total. The predicted octanol–water partition coefficient (Wildman–Crippen LogP) is -2.24. The number of hydrogen-bond donors (Lipinski definition) is 7. The van der Waals surface area contributed by atoms with Gasteiger partial charge in [0.05, 0.1) is 12.2 Å². The molecule has 1 aromatic carbocycles. The summed E-state index contributed by atoms with van der Waals surface area (Å²) in [6.45, 7) is -1.55. The normalized spacial score (nSPS) is 30.3. The lowest BCUT2D eigenvalue weighted by atomic mass is 9.96. The molecule has 1 aliphatic rings. The topological polar surface area (TPSA) is 177 Å². The molecule has 0 radical (unpaired) electrons. The summed E-state index contributed by atoms with van der Waals surface area (Å²) in [5, 5.41) is 65.8. The Morgan fingerprint density at radius 1 is 1.22 bits per heavy atom. The van der Waals surface area contributed by atoms with Crippen LogP contribution in [0.3, 0.4) is 0 Å². The molecule has 1 heterocycles. The molecule has 0 saturated carbocycles. The summed E-state index contributed by atoms with van der Waals surface area (Å²) in [6, 6.07) is 1.70. The van der Waals surface area contributed by atoms with Crippen LogP contribution in [0.25, 0.3) is 0 Å². The molecule has 128 valence electrons. The van der Waals surface area contributed by atoms with Crippen LogP contribution >= 0.6 is 0 Å². The fraction of sp³-hybridized carbons (Fsp3) is 0.462. The molecular formula is C13H16O10. The van der Waals surface area contributed by atoms with E-state index in [1.807, 2.05) is 0 Å². The molecule has 1 saturated heterocycles. The van der Waals surface area contributed by atoms with Gasteiger partial charge in [-0.15, -0.1) is 0 Å². The van der Waals surface area contributed by atoms with E-state index >= 15 is 0 Å². The average molecular weight is 332 g/mol. The van der Waals surface area contributed by atoms with Crippen molar-refractivity contribution in [3.05, 3.63) is 17.7 Å². The van der Waals surface area contributed by atoms with Crippen LogP contribution < -0.4 is 0 Å². The molecule has 0 spiro atoms. The van der Waals surface area contributed by atoms with Crippen LogP contribution in [0.4, 0.5) is 0 Å². The number of aliphatic hydroxyl groups excluding tert-OH is 3. The lowest BCUT2D eigenvalue weighted by molar-refractivity contribution is -0.191. The number of aliphatic hydroxyl groups is 4. The van der Waals surface area contributed by atoms with E-state index in [4.69, 9.17) is 14.6 Å². The molecule has 0 aliphatic carbocycles. The van der Waals surface area contributed by atoms with Gasteiger partial charge < -0.3 is 45.2 Å². The number of aromatic hydroxyl groups is 3. The van der Waals surface area contributed by atoms with Crippen LogP contribution in [-0.2, 0) is 9.47 Å². The number of benzene rings is 1. The Morgan fingerprint density at radius 3 is 2.26 bits per heavy atom. The molecule has 10 heteroatoms. The highest BCUT2D eigenvalue weighted by Crippen LogP contribution is 2.35. The van der Waals surface area contributed by atoms with Gasteiger partial charge in [0.2, 0.25) is 0 Å². The van der Waals surface area contributed by atoms with Gasteiger partial charge >= 0.3 is 5.97 Å². The third-order valence-corrected chi connectivity index (χ3v) is 3.53. The smallest absolute Gasteiger partial charge is 0.338 e. The second-order valence-corrected chi connectivity index (χ2v) is 5.08. The van der Waals surface area contributed by atoms with E-state index in [9.17, 15) is 35.4 Å². The first-order valence-corrected chi connectivity index (χ1v) is 6.47. The summed E-state index contributed by atoms with van der Waals surface area (Å²) in [5.74, 6) is -3.30. The Kier molecular flexibility index (Phi) is 4.63. The van der Waals surface area contributed by atoms with Crippen molar-refractivity contribution < 1.29 is 50.0 Å². The van der Waals surface area contributed by atoms with Crippen molar-refractivity contribution in [2.75, 3.05) is 13.2 Å². The lowest BCUT2D eigenvalue weighted by Gasteiger charge is -2.25. The number of phenolic OH excluding ortho intramolecular Hbond substituents is 3. The van der Waals surface area contributed by atoms with Gasteiger partial charge in [-0.3, -0.25) is 0 Å². The molecule has 4 atom stereocenters. The Labute approximate surface area is 129 Å². The van der Waals surface area contributed by atoms with Crippen LogP contribution in [0.15, 0.2) is 12.1 Å². The molecule has 0 unspecified atom stereocenters. The van der Waals surface area contributed by atoms with Crippen molar-refractivity contribution in [1.82, 2.24) is 0 Å². The van der Waals surface area contributed by atoms with Crippen LogP contribution in [0.2, 0.25) is 0 Å². The maximum Gasteiger partial charge on any atom is 0.338 e. The molecule has 1 aromatic rings. The van der Waals surface area contributed by atoms with Gasteiger partial charge in [0, 0.05) is 0 Å². The van der Waals surface area contributed by atoms with Crippen LogP contribution in [0.1, 0.15) is 10.4 Å². The Balaban J connectivity index is 2.03. The van der Waals surface area contributed by atoms with Gasteiger partial charge in [-0.2, -0.15) is 0 Å². The third kappa shape index (κ3) is 3.02. The first-order chi connectivity index (χ1) is 10.7. The fourth-order valence-corrected chi connectivity index (χ4v) is 2.09. The fourth-order valence-electron chi connectivity index (χ4n) is 2.09. The van der Waals surface area contributed by atoms with Crippen molar-refractivity contribution >= 4 is 5.97 Å². The summed E-state index contributed by atoms with van der Waals surface area (Å²) in [7, 11) is 0. The number of esters is 1. The summed E-state index contributed by atoms with van der Waals surface area (Å²) in [6.07, 6.45) is -4.88. The van der Waals surface area contributed by atoms with Gasteiger partial charge in [-0.1, -0.05) is 0 Å². The summed E-state index contributed by atoms with van der Waals surface area (Å²) in [5.41, 5.74) is -2.59. The Morgan fingerprint density at radius 2 is 1.78 bits per heavy atom. The maximum absolute atomic E-state index is 11.8. The van der Waals surface area contributed by atoms with Gasteiger partial charge in [0.25, 0.3) is 0 Å². The van der Waals surface area contributed by atoms with Gasteiger partial charge in [-0.25, -0.2) is 4.79 Å². The minimum absolute atomic E-state index is 0.289. The number of rotatable bonds is 4. The second-order valence-electron chi connectivity index (χ2n) is 5.08. The van der Waals surface area contributed by atoms with Gasteiger partial charge in [-0.05, 0) is 12.1 Å². The first kappa shape index (κ1) is 17.2. The zero-order valence-corrected chi connectivity index (χ0v) is 11.7. The van der Waals surface area contributed by atoms with E-state index in [0.29, 0.717) is 0 Å². The molecule has 0 amide bonds. The highest BCUT2D eigenvalue weighted by atomic mass is 16.7. The van der Waals surface area contributed by atoms with Gasteiger partial charge in [0.15, 0.2) is 29.1 Å². The Hall–Kier alpha value is -2.11. The molecule has 1 fully saturated rings. The SMILES string of the molecule is O=C(OC[C@H]1O[C@H](O)[C@](O)(CO)[C@@H]1O)c1cc(O)c(O)c(O)c1. The van der Waals surface area contributed by atoms with Crippen molar-refractivity contribution in [3.63, 3.8) is 0 Å². The molecule has 23 heavy (non-hydrogen) atoms. The van der Waals surface area contributed by atoms with Crippen molar-refractivity contribution in [1.29, 1.82) is 0 Å². The molecule has 1 aliphatic heterocycles. The maximum atomic E-state index is 11.8. The molecular weight excluding hydrogens is 316 g/mol. The number of carbonyl (C=O) groups excluding carboxylic acids is 1. The van der Waals surface area contributed by atoms with E-state index in [-0.39, 0.29) is 5.56 Å². The summed E-state index contributed by atoms with van der Waals surface area (Å²) in [4.78, 5) is 11.8. The standard InChI is InChI=1S/C13H16O10/c14-4-13(21)10(18)8(23-12(13)20)3-22-11(19)5-1-6(15)9(17)7(16)2-5/h1-2,8,10,12,14-18,20-21H,3-4H2/t8-,10-,12+,13+/m1/s1.